The van der Waals surface area contributed by atoms with E-state index in [0.717, 1.165) is 55.9 Å². The first-order valence-electron chi connectivity index (χ1n) is 11.3. The molecule has 3 saturated carbocycles. The van der Waals surface area contributed by atoms with Gasteiger partial charge in [-0.25, -0.2) is 4.98 Å². The summed E-state index contributed by atoms with van der Waals surface area (Å²) in [6.07, 6.45) is 7.06. The Morgan fingerprint density at radius 2 is 2.07 bits per heavy atom. The number of anilines is 1. The fourth-order valence-electron chi connectivity index (χ4n) is 6.18. The Morgan fingerprint density at radius 1 is 1.23 bits per heavy atom. The second-order valence-corrected chi connectivity index (χ2v) is 10.6. The molecule has 1 aromatic carbocycles. The van der Waals surface area contributed by atoms with Crippen LogP contribution in [0.4, 0.5) is 5.13 Å². The zero-order valence-corrected chi connectivity index (χ0v) is 18.4. The van der Waals surface area contributed by atoms with Gasteiger partial charge in [-0.15, -0.1) is 0 Å². The lowest BCUT2D eigenvalue weighted by Gasteiger charge is -2.33. The van der Waals surface area contributed by atoms with E-state index in [-0.39, 0.29) is 11.9 Å². The Labute approximate surface area is 182 Å². The number of nitrogens with zero attached hydrogens (tertiary/aromatic N) is 1. The smallest absolute Gasteiger partial charge is 0.263 e. The third-order valence-electron chi connectivity index (χ3n) is 7.42. The van der Waals surface area contributed by atoms with Gasteiger partial charge < -0.3 is 15.7 Å². The topological polar surface area (TPSA) is 74.2 Å². The fourth-order valence-corrected chi connectivity index (χ4v) is 7.07. The molecule has 3 aliphatic rings. The van der Waals surface area contributed by atoms with Crippen LogP contribution < -0.4 is 10.6 Å². The number of benzene rings is 1. The molecule has 3 fully saturated rings. The molecule has 0 spiro atoms. The van der Waals surface area contributed by atoms with Gasteiger partial charge in [0, 0.05) is 12.6 Å². The second-order valence-electron chi connectivity index (χ2n) is 9.62. The Morgan fingerprint density at radius 3 is 2.90 bits per heavy atom. The number of amides is 1. The SMILES string of the molecule is Cc1nc(NCCc2ccccc2)sc1C(=O)N[C@H]1CCC2CC3C[C@@](O)(C2)CC31. The van der Waals surface area contributed by atoms with E-state index in [4.69, 9.17) is 0 Å². The highest BCUT2D eigenvalue weighted by Crippen LogP contribution is 2.55. The lowest BCUT2D eigenvalue weighted by Crippen LogP contribution is -2.41. The van der Waals surface area contributed by atoms with Gasteiger partial charge in [-0.05, 0) is 75.2 Å². The number of fused-ring (bicyclic) bond motifs is 2. The molecule has 3 unspecified atom stereocenters. The predicted molar refractivity (Wildman–Crippen MR) is 120 cm³/mol. The van der Waals surface area contributed by atoms with Crippen molar-refractivity contribution in [1.29, 1.82) is 0 Å². The number of aromatic nitrogens is 1. The van der Waals surface area contributed by atoms with Gasteiger partial charge in [-0.1, -0.05) is 41.7 Å². The molecule has 30 heavy (non-hydrogen) atoms. The number of rotatable bonds is 6. The number of carbonyl (C=O) groups excluding carboxylic acids is 1. The summed E-state index contributed by atoms with van der Waals surface area (Å²) >= 11 is 1.45. The molecular weight excluding hydrogens is 394 g/mol. The van der Waals surface area contributed by atoms with Crippen molar-refractivity contribution in [3.8, 4) is 0 Å². The molecule has 3 N–H and O–H groups in total. The molecule has 5 rings (SSSR count). The van der Waals surface area contributed by atoms with Crippen molar-refractivity contribution in [1.82, 2.24) is 10.3 Å². The maximum atomic E-state index is 13.1. The number of hydrogen-bond acceptors (Lipinski definition) is 5. The highest BCUT2D eigenvalue weighted by Gasteiger charge is 2.53. The molecule has 1 heterocycles. The van der Waals surface area contributed by atoms with Crippen LogP contribution in [0.1, 0.15) is 59.5 Å². The molecule has 0 aliphatic heterocycles. The zero-order chi connectivity index (χ0) is 20.7. The van der Waals surface area contributed by atoms with Crippen LogP contribution in [0.3, 0.4) is 0 Å². The summed E-state index contributed by atoms with van der Waals surface area (Å²) in [6, 6.07) is 10.6. The molecule has 6 heteroatoms. The van der Waals surface area contributed by atoms with Gasteiger partial charge in [0.05, 0.1) is 11.3 Å². The summed E-state index contributed by atoms with van der Waals surface area (Å²) in [5.41, 5.74) is 1.60. The van der Waals surface area contributed by atoms with Crippen LogP contribution in [0, 0.1) is 24.7 Å². The minimum Gasteiger partial charge on any atom is -0.390 e. The molecule has 160 valence electrons. The molecule has 1 amide bonds. The molecule has 3 bridgehead atoms. The average Bonchev–Trinajstić information content (AvgIpc) is 3.17. The molecule has 3 aliphatic carbocycles. The number of carbonyl (C=O) groups is 1. The first-order chi connectivity index (χ1) is 14.5. The van der Waals surface area contributed by atoms with Crippen molar-refractivity contribution in [3.05, 3.63) is 46.5 Å². The van der Waals surface area contributed by atoms with Gasteiger partial charge in [-0.2, -0.15) is 0 Å². The van der Waals surface area contributed by atoms with Gasteiger partial charge >= 0.3 is 0 Å². The van der Waals surface area contributed by atoms with Crippen LogP contribution in [0.2, 0.25) is 0 Å². The number of nitrogens with one attached hydrogen (secondary N) is 2. The van der Waals surface area contributed by atoms with Crippen molar-refractivity contribution < 1.29 is 9.90 Å². The van der Waals surface area contributed by atoms with Gasteiger partial charge in [0.15, 0.2) is 5.13 Å². The lowest BCUT2D eigenvalue weighted by molar-refractivity contribution is -0.00594. The molecule has 1 aromatic heterocycles. The van der Waals surface area contributed by atoms with E-state index in [1.54, 1.807) is 0 Å². The molecule has 5 atom stereocenters. The minimum atomic E-state index is -0.474. The molecule has 0 saturated heterocycles. The van der Waals surface area contributed by atoms with E-state index in [0.29, 0.717) is 22.6 Å². The average molecular weight is 426 g/mol. The Kier molecular flexibility index (Phi) is 5.31. The van der Waals surface area contributed by atoms with E-state index in [1.807, 2.05) is 13.0 Å². The van der Waals surface area contributed by atoms with Gasteiger partial charge in [0.25, 0.3) is 5.91 Å². The summed E-state index contributed by atoms with van der Waals surface area (Å²) < 4.78 is 0. The van der Waals surface area contributed by atoms with Gasteiger partial charge in [0.2, 0.25) is 0 Å². The van der Waals surface area contributed by atoms with E-state index in [2.05, 4.69) is 39.9 Å². The third kappa shape index (κ3) is 4.00. The highest BCUT2D eigenvalue weighted by molar-refractivity contribution is 7.17. The van der Waals surface area contributed by atoms with E-state index in [9.17, 15) is 9.90 Å². The molecule has 0 radical (unpaired) electrons. The fraction of sp³-hybridized carbons (Fsp3) is 0.583. The van der Waals surface area contributed by atoms with E-state index < -0.39 is 5.60 Å². The number of aryl methyl sites for hydroxylation is 1. The zero-order valence-electron chi connectivity index (χ0n) is 17.6. The number of hydrogen-bond donors (Lipinski definition) is 3. The van der Waals surface area contributed by atoms with Gasteiger partial charge in [0.1, 0.15) is 4.88 Å². The van der Waals surface area contributed by atoms with E-state index in [1.165, 1.54) is 23.3 Å². The first kappa shape index (κ1) is 20.0. The molecule has 2 aromatic rings. The Balaban J connectivity index is 1.21. The standard InChI is InChI=1S/C24H31N3O2S/c1-15-21(30-23(26-15)25-10-9-16-5-3-2-4-6-16)22(28)27-20-8-7-17-11-18-13-24(29,12-17)14-19(18)20/h2-6,17-20,29H,7-14H2,1H3,(H,25,26)(H,27,28)/t17?,18?,19?,20-,24-/m0/s1. The maximum Gasteiger partial charge on any atom is 0.263 e. The Bertz CT molecular complexity index is 914. The summed E-state index contributed by atoms with van der Waals surface area (Å²) in [6.45, 7) is 2.71. The highest BCUT2D eigenvalue weighted by atomic mass is 32.1. The normalized spacial score (nSPS) is 32.1. The van der Waals surface area contributed by atoms with Crippen LogP contribution in [0.5, 0.6) is 0 Å². The summed E-state index contributed by atoms with van der Waals surface area (Å²) in [5.74, 6) is 1.62. The van der Waals surface area contributed by atoms with Crippen molar-refractivity contribution >= 4 is 22.4 Å². The van der Waals surface area contributed by atoms with Crippen LogP contribution in [0.15, 0.2) is 30.3 Å². The largest absolute Gasteiger partial charge is 0.390 e. The van der Waals surface area contributed by atoms with Crippen molar-refractivity contribution in [2.45, 2.75) is 63.5 Å². The Hall–Kier alpha value is -1.92. The van der Waals surface area contributed by atoms with Gasteiger partial charge in [-0.3, -0.25) is 4.79 Å². The lowest BCUT2D eigenvalue weighted by atomic mass is 9.77. The first-order valence-corrected chi connectivity index (χ1v) is 12.1. The quantitative estimate of drug-likeness (QED) is 0.650. The second kappa shape index (κ2) is 7.97. The van der Waals surface area contributed by atoms with E-state index >= 15 is 0 Å². The van der Waals surface area contributed by atoms with Crippen LogP contribution >= 0.6 is 11.3 Å². The van der Waals surface area contributed by atoms with Crippen molar-refractivity contribution in [2.75, 3.05) is 11.9 Å². The van der Waals surface area contributed by atoms with Crippen LogP contribution in [-0.2, 0) is 6.42 Å². The summed E-state index contributed by atoms with van der Waals surface area (Å²) in [4.78, 5) is 18.4. The van der Waals surface area contributed by atoms with Crippen molar-refractivity contribution in [3.63, 3.8) is 0 Å². The monoisotopic (exact) mass is 425 g/mol. The summed E-state index contributed by atoms with van der Waals surface area (Å²) in [7, 11) is 0. The van der Waals surface area contributed by atoms with Crippen LogP contribution in [-0.4, -0.2) is 34.2 Å². The van der Waals surface area contributed by atoms with Crippen molar-refractivity contribution in [2.24, 2.45) is 17.8 Å². The minimum absolute atomic E-state index is 0.000627. The van der Waals surface area contributed by atoms with Crippen LogP contribution in [0.25, 0.3) is 0 Å². The third-order valence-corrected chi connectivity index (χ3v) is 8.54. The predicted octanol–water partition coefficient (Wildman–Crippen LogP) is 4.17. The molecular formula is C24H31N3O2S. The molecule has 5 nitrogen and oxygen atoms in total. The summed E-state index contributed by atoms with van der Waals surface area (Å²) in [5, 5.41) is 18.4. The number of aliphatic hydroxyl groups is 1. The maximum absolute atomic E-state index is 13.1. The number of thiazole rings is 1.